The Morgan fingerprint density at radius 1 is 2.00 bits per heavy atom. The molecule has 3 heteroatoms. The first-order valence-electron chi connectivity index (χ1n) is 1.20. The summed E-state index contributed by atoms with van der Waals surface area (Å²) in [6.45, 7) is 1.28. The summed E-state index contributed by atoms with van der Waals surface area (Å²) in [5.74, 6) is 5.73. The zero-order valence-electron chi connectivity index (χ0n) is 2.91. The summed E-state index contributed by atoms with van der Waals surface area (Å²) in [6.07, 6.45) is 0. The Morgan fingerprint density at radius 3 is 2.20 bits per heavy atom. The number of nitrogens with one attached hydrogen (secondary N) is 2. The molecule has 0 spiro atoms. The van der Waals surface area contributed by atoms with Gasteiger partial charge in [-0.1, -0.05) is 0 Å². The van der Waals surface area contributed by atoms with E-state index < -0.39 is 0 Å². The van der Waals surface area contributed by atoms with Crippen LogP contribution in [0.2, 0.25) is 0 Å². The lowest BCUT2D eigenvalue weighted by Gasteiger charge is -1.78. The Bertz CT molecular complexity index is 42.9. The fourth-order valence-electron chi connectivity index (χ4n) is 0. The lowest BCUT2D eigenvalue weighted by Crippen LogP contribution is -2.15. The largest absolute Gasteiger partial charge is 0.277 e. The van der Waals surface area contributed by atoms with E-state index in [1.54, 1.807) is 5.43 Å². The van der Waals surface area contributed by atoms with Crippen molar-refractivity contribution in [2.24, 2.45) is 0 Å². The topological polar surface area (TPSA) is 52.9 Å². The predicted octanol–water partition coefficient (Wildman–Crippen LogP) is -0.680. The summed E-state index contributed by atoms with van der Waals surface area (Å²) >= 11 is 0. The summed E-state index contributed by atoms with van der Waals surface area (Å²) in [5, 5.41) is 0. The Balaban J connectivity index is 2.85. The molecule has 0 aliphatic heterocycles. The van der Waals surface area contributed by atoms with Crippen molar-refractivity contribution >= 4 is 5.91 Å². The minimum absolute atomic E-state index is 0.329. The van der Waals surface area contributed by atoms with E-state index in [2.05, 4.69) is 0 Å². The van der Waals surface area contributed by atoms with E-state index in [0.29, 0.717) is 0 Å². The molecule has 0 atom stereocenters. The molecule has 0 aromatic rings. The molecule has 5 heavy (non-hydrogen) atoms. The second-order valence-electron chi connectivity index (χ2n) is 0.681. The van der Waals surface area contributed by atoms with Gasteiger partial charge in [-0.3, -0.25) is 10.2 Å². The molecular formula is C2H5N2O. The summed E-state index contributed by atoms with van der Waals surface area (Å²) in [7, 11) is 0. The van der Waals surface area contributed by atoms with Crippen molar-refractivity contribution in [3.63, 3.8) is 0 Å². The van der Waals surface area contributed by atoms with Crippen LogP contribution < -0.4 is 11.3 Å². The number of carbonyl (C=O) groups is 1. The van der Waals surface area contributed by atoms with E-state index in [-0.39, 0.29) is 5.91 Å². The van der Waals surface area contributed by atoms with E-state index in [9.17, 15) is 4.79 Å². The first-order chi connectivity index (χ1) is 2.27. The molecule has 0 bridgehead atoms. The Kier molecular flexibility index (Phi) is 1.53. The van der Waals surface area contributed by atoms with E-state index in [1.807, 2.05) is 0 Å². The molecule has 0 fully saturated rings. The molecule has 0 saturated heterocycles. The second-order valence-corrected chi connectivity index (χ2v) is 0.681. The van der Waals surface area contributed by atoms with Crippen LogP contribution >= 0.6 is 0 Å². The van der Waals surface area contributed by atoms with Crippen molar-refractivity contribution in [2.75, 3.05) is 0 Å². The molecule has 0 saturated carbocycles. The summed E-state index contributed by atoms with van der Waals surface area (Å²) < 4.78 is 0. The van der Waals surface area contributed by atoms with Crippen molar-refractivity contribution in [1.29, 1.82) is 0 Å². The maximum atomic E-state index is 9.51. The maximum Gasteiger partial charge on any atom is 0.232 e. The Morgan fingerprint density at radius 2 is 2.20 bits per heavy atom. The average molecular weight is 73.1 g/mol. The number of hydrogen-bond donors (Lipinski definition) is 1. The van der Waals surface area contributed by atoms with Gasteiger partial charge >= 0.3 is 0 Å². The van der Waals surface area contributed by atoms with Crippen LogP contribution in [-0.4, -0.2) is 5.91 Å². The highest BCUT2D eigenvalue weighted by atomic mass is 16.2. The van der Waals surface area contributed by atoms with Crippen LogP contribution in [0.4, 0.5) is 0 Å². The van der Waals surface area contributed by atoms with Crippen LogP contribution in [0.3, 0.4) is 0 Å². The van der Waals surface area contributed by atoms with Crippen LogP contribution in [0.1, 0.15) is 6.92 Å². The SMILES string of the molecule is CC(=O)N[NH]. The van der Waals surface area contributed by atoms with Crippen LogP contribution in [0.15, 0.2) is 0 Å². The lowest BCUT2D eigenvalue weighted by atomic mass is 10.8. The van der Waals surface area contributed by atoms with E-state index in [4.69, 9.17) is 5.84 Å². The van der Waals surface area contributed by atoms with Gasteiger partial charge in [0.1, 0.15) is 0 Å². The molecule has 0 heterocycles. The van der Waals surface area contributed by atoms with Gasteiger partial charge in [0.15, 0.2) is 0 Å². The van der Waals surface area contributed by atoms with E-state index >= 15 is 0 Å². The van der Waals surface area contributed by atoms with Gasteiger partial charge in [0.25, 0.3) is 0 Å². The number of rotatable bonds is 0. The third kappa shape index (κ3) is 3.43. The molecule has 0 unspecified atom stereocenters. The second kappa shape index (κ2) is 1.72. The quantitative estimate of drug-likeness (QED) is 0.379. The third-order valence-corrected chi connectivity index (χ3v) is 0.176. The molecule has 0 aromatic heterocycles. The highest BCUT2D eigenvalue weighted by molar-refractivity contribution is 5.71. The van der Waals surface area contributed by atoms with Crippen molar-refractivity contribution in [2.45, 2.75) is 6.92 Å². The number of carbonyl (C=O) groups excluding carboxylic acids is 1. The van der Waals surface area contributed by atoms with Gasteiger partial charge in [-0.25, -0.2) is 0 Å². The van der Waals surface area contributed by atoms with Crippen molar-refractivity contribution < 1.29 is 4.79 Å². The van der Waals surface area contributed by atoms with Gasteiger partial charge in [-0.2, -0.15) is 5.84 Å². The third-order valence-electron chi connectivity index (χ3n) is 0.176. The first-order valence-corrected chi connectivity index (χ1v) is 1.20. The minimum Gasteiger partial charge on any atom is -0.277 e. The molecule has 0 aromatic carbocycles. The van der Waals surface area contributed by atoms with E-state index in [0.717, 1.165) is 0 Å². The van der Waals surface area contributed by atoms with Gasteiger partial charge in [-0.05, 0) is 0 Å². The van der Waals surface area contributed by atoms with Crippen LogP contribution in [0, 0.1) is 0 Å². The predicted molar refractivity (Wildman–Crippen MR) is 16.9 cm³/mol. The Labute approximate surface area is 30.1 Å². The van der Waals surface area contributed by atoms with Gasteiger partial charge in [-0.15, -0.1) is 0 Å². The summed E-state index contributed by atoms with van der Waals surface area (Å²) in [5.41, 5.74) is 1.64. The summed E-state index contributed by atoms with van der Waals surface area (Å²) in [4.78, 5) is 9.51. The molecule has 0 rings (SSSR count). The standard InChI is InChI=1S/C2H5N2O/c1-2(5)4-3/h3H,1H3,(H,4,5). The normalized spacial score (nSPS) is 6.80. The molecule has 0 aliphatic rings. The van der Waals surface area contributed by atoms with Crippen LogP contribution in [0.25, 0.3) is 0 Å². The van der Waals surface area contributed by atoms with E-state index in [1.165, 1.54) is 6.92 Å². The zero-order chi connectivity index (χ0) is 4.28. The number of hydrogen-bond acceptors (Lipinski definition) is 1. The smallest absolute Gasteiger partial charge is 0.232 e. The maximum absolute atomic E-state index is 9.51. The van der Waals surface area contributed by atoms with Crippen molar-refractivity contribution in [3.8, 4) is 0 Å². The molecule has 1 radical (unpaired) electrons. The number of amides is 1. The molecule has 1 amide bonds. The fraction of sp³-hybridized carbons (Fsp3) is 0.500. The highest BCUT2D eigenvalue weighted by Crippen LogP contribution is 1.43. The van der Waals surface area contributed by atoms with Gasteiger partial charge < -0.3 is 0 Å². The van der Waals surface area contributed by atoms with Gasteiger partial charge in [0.2, 0.25) is 5.91 Å². The fourth-order valence-corrected chi connectivity index (χ4v) is 0. The molecular weight excluding hydrogens is 68.0 g/mol. The first kappa shape index (κ1) is 4.43. The van der Waals surface area contributed by atoms with Crippen LogP contribution in [-0.2, 0) is 4.79 Å². The van der Waals surface area contributed by atoms with Gasteiger partial charge in [0, 0.05) is 6.92 Å². The molecule has 3 nitrogen and oxygen atoms in total. The molecule has 29 valence electrons. The molecule has 2 N–H and O–H groups in total. The van der Waals surface area contributed by atoms with Gasteiger partial charge in [0.05, 0.1) is 0 Å². The zero-order valence-corrected chi connectivity index (χ0v) is 2.91. The summed E-state index contributed by atoms with van der Waals surface area (Å²) in [6, 6.07) is 0. The van der Waals surface area contributed by atoms with Crippen molar-refractivity contribution in [3.05, 3.63) is 0 Å². The monoisotopic (exact) mass is 73.0 g/mol. The highest BCUT2D eigenvalue weighted by Gasteiger charge is 1.74. The molecule has 0 aliphatic carbocycles. The lowest BCUT2D eigenvalue weighted by molar-refractivity contribution is -0.119. The van der Waals surface area contributed by atoms with Crippen LogP contribution in [0.5, 0.6) is 0 Å². The minimum atomic E-state index is -0.329. The van der Waals surface area contributed by atoms with Crippen molar-refractivity contribution in [1.82, 2.24) is 11.3 Å². The Hall–Kier alpha value is -0.570. The average Bonchev–Trinajstić information content (AvgIpc) is 1.38.